The van der Waals surface area contributed by atoms with Crippen LogP contribution < -0.4 is 0 Å². The van der Waals surface area contributed by atoms with Crippen LogP contribution in [0.5, 0.6) is 0 Å². The van der Waals surface area contributed by atoms with E-state index in [4.69, 9.17) is 10.3 Å². The van der Waals surface area contributed by atoms with Gasteiger partial charge in [-0.05, 0) is 56.5 Å². The molecule has 0 spiro atoms. The summed E-state index contributed by atoms with van der Waals surface area (Å²) in [6.45, 7) is 7.10. The molecule has 0 aliphatic rings. The van der Waals surface area contributed by atoms with E-state index in [0.717, 1.165) is 5.56 Å². The van der Waals surface area contributed by atoms with Gasteiger partial charge in [0.1, 0.15) is 11.4 Å². The number of ether oxygens (including phenoxy) is 1. The highest BCUT2D eigenvalue weighted by Crippen LogP contribution is 2.25. The van der Waals surface area contributed by atoms with E-state index in [9.17, 15) is 9.18 Å². The third-order valence-corrected chi connectivity index (χ3v) is 3.20. The van der Waals surface area contributed by atoms with Crippen molar-refractivity contribution in [3.63, 3.8) is 0 Å². The Morgan fingerprint density at radius 1 is 1.48 bits per heavy atom. The SMILES string of the molecule is C[C@@H](Cc1cn(C(=O)OC(C)(C)C)c2ccc(F)cc12)N=[N+]=[N-]. The summed E-state index contributed by atoms with van der Waals surface area (Å²) in [5.41, 5.74) is 9.17. The summed E-state index contributed by atoms with van der Waals surface area (Å²) >= 11 is 0. The molecular weight excluding hydrogens is 299 g/mol. The third kappa shape index (κ3) is 4.02. The number of carbonyl (C=O) groups is 1. The predicted molar refractivity (Wildman–Crippen MR) is 85.8 cm³/mol. The maximum atomic E-state index is 13.6. The Balaban J connectivity index is 2.50. The van der Waals surface area contributed by atoms with E-state index in [1.807, 2.05) is 0 Å². The number of hydrogen-bond donors (Lipinski definition) is 0. The molecule has 122 valence electrons. The summed E-state index contributed by atoms with van der Waals surface area (Å²) in [6, 6.07) is 3.90. The van der Waals surface area contributed by atoms with Gasteiger partial charge in [-0.15, -0.1) is 0 Å². The summed E-state index contributed by atoms with van der Waals surface area (Å²) in [5, 5.41) is 4.23. The van der Waals surface area contributed by atoms with Gasteiger partial charge in [-0.1, -0.05) is 12.0 Å². The maximum Gasteiger partial charge on any atom is 0.419 e. The average Bonchev–Trinajstić information content (AvgIpc) is 2.75. The summed E-state index contributed by atoms with van der Waals surface area (Å²) in [6.07, 6.45) is 1.48. The van der Waals surface area contributed by atoms with Crippen molar-refractivity contribution < 1.29 is 13.9 Å². The van der Waals surface area contributed by atoms with Gasteiger partial charge in [0.25, 0.3) is 0 Å². The van der Waals surface area contributed by atoms with Crippen LogP contribution in [0.1, 0.15) is 33.3 Å². The highest BCUT2D eigenvalue weighted by atomic mass is 19.1. The molecule has 23 heavy (non-hydrogen) atoms. The number of carbonyl (C=O) groups excluding carboxylic acids is 1. The van der Waals surface area contributed by atoms with Gasteiger partial charge < -0.3 is 4.74 Å². The van der Waals surface area contributed by atoms with Gasteiger partial charge in [-0.2, -0.15) is 0 Å². The van der Waals surface area contributed by atoms with Crippen LogP contribution in [-0.2, 0) is 11.2 Å². The Morgan fingerprint density at radius 2 is 2.17 bits per heavy atom. The van der Waals surface area contributed by atoms with Crippen LogP contribution in [0, 0.1) is 5.82 Å². The van der Waals surface area contributed by atoms with Crippen molar-refractivity contribution in [1.29, 1.82) is 0 Å². The van der Waals surface area contributed by atoms with Crippen LogP contribution in [0.4, 0.5) is 9.18 Å². The van der Waals surface area contributed by atoms with Crippen molar-refractivity contribution in [2.24, 2.45) is 5.11 Å². The van der Waals surface area contributed by atoms with Crippen LogP contribution in [0.3, 0.4) is 0 Å². The number of nitrogens with zero attached hydrogens (tertiary/aromatic N) is 4. The normalized spacial score (nSPS) is 12.7. The molecule has 0 fully saturated rings. The molecule has 0 saturated carbocycles. The van der Waals surface area contributed by atoms with Crippen molar-refractivity contribution in [2.45, 2.75) is 45.8 Å². The molecule has 0 unspecified atom stereocenters. The van der Waals surface area contributed by atoms with Gasteiger partial charge >= 0.3 is 6.09 Å². The number of halogens is 1. The fourth-order valence-corrected chi connectivity index (χ4v) is 2.34. The van der Waals surface area contributed by atoms with Crippen LogP contribution in [0.15, 0.2) is 29.5 Å². The summed E-state index contributed by atoms with van der Waals surface area (Å²) in [7, 11) is 0. The molecule has 2 aromatic rings. The molecule has 0 aliphatic heterocycles. The van der Waals surface area contributed by atoms with Crippen LogP contribution in [-0.4, -0.2) is 22.3 Å². The molecule has 2 rings (SSSR count). The van der Waals surface area contributed by atoms with Gasteiger partial charge in [-0.25, -0.2) is 9.18 Å². The number of benzene rings is 1. The first-order valence-corrected chi connectivity index (χ1v) is 7.28. The Labute approximate surface area is 133 Å². The van der Waals surface area contributed by atoms with Crippen LogP contribution >= 0.6 is 0 Å². The van der Waals surface area contributed by atoms with E-state index in [1.54, 1.807) is 33.9 Å². The number of azide groups is 1. The second-order valence-electron chi connectivity index (χ2n) is 6.42. The Morgan fingerprint density at radius 3 is 2.78 bits per heavy atom. The molecule has 1 aromatic carbocycles. The minimum absolute atomic E-state index is 0.305. The van der Waals surface area contributed by atoms with Crippen molar-refractivity contribution in [3.05, 3.63) is 46.2 Å². The van der Waals surface area contributed by atoms with Crippen molar-refractivity contribution >= 4 is 17.0 Å². The molecule has 0 radical (unpaired) electrons. The quantitative estimate of drug-likeness (QED) is 0.462. The first-order chi connectivity index (χ1) is 10.7. The van der Waals surface area contributed by atoms with Gasteiger partial charge in [0.15, 0.2) is 0 Å². The second-order valence-corrected chi connectivity index (χ2v) is 6.42. The van der Waals surface area contributed by atoms with E-state index in [-0.39, 0.29) is 6.04 Å². The molecular formula is C16H19FN4O2. The van der Waals surface area contributed by atoms with Gasteiger partial charge in [0.05, 0.1) is 5.52 Å². The van der Waals surface area contributed by atoms with Crippen LogP contribution in [0.2, 0.25) is 0 Å². The van der Waals surface area contributed by atoms with Gasteiger partial charge in [0.2, 0.25) is 0 Å². The molecule has 1 atom stereocenters. The minimum atomic E-state index is -0.633. The lowest BCUT2D eigenvalue weighted by Gasteiger charge is -2.19. The molecule has 6 nitrogen and oxygen atoms in total. The van der Waals surface area contributed by atoms with Gasteiger partial charge in [-0.3, -0.25) is 4.57 Å². The topological polar surface area (TPSA) is 80.0 Å². The molecule has 0 aliphatic carbocycles. The lowest BCUT2D eigenvalue weighted by molar-refractivity contribution is 0.0544. The maximum absolute atomic E-state index is 13.6. The minimum Gasteiger partial charge on any atom is -0.443 e. The monoisotopic (exact) mass is 318 g/mol. The molecule has 0 saturated heterocycles. The van der Waals surface area contributed by atoms with Crippen LogP contribution in [0.25, 0.3) is 21.3 Å². The average molecular weight is 318 g/mol. The van der Waals surface area contributed by atoms with E-state index in [2.05, 4.69) is 10.0 Å². The second kappa shape index (κ2) is 6.30. The first kappa shape index (κ1) is 16.8. The van der Waals surface area contributed by atoms with E-state index < -0.39 is 17.5 Å². The summed E-state index contributed by atoms with van der Waals surface area (Å²) in [4.78, 5) is 15.1. The number of aromatic nitrogens is 1. The molecule has 0 amide bonds. The first-order valence-electron chi connectivity index (χ1n) is 7.28. The molecule has 1 aromatic heterocycles. The zero-order chi connectivity index (χ0) is 17.2. The molecule has 0 bridgehead atoms. The Bertz CT molecular complexity index is 785. The summed E-state index contributed by atoms with van der Waals surface area (Å²) in [5.74, 6) is -0.392. The third-order valence-electron chi connectivity index (χ3n) is 3.20. The van der Waals surface area contributed by atoms with Gasteiger partial charge in [0, 0.05) is 22.5 Å². The summed E-state index contributed by atoms with van der Waals surface area (Å²) < 4.78 is 20.3. The molecule has 7 heteroatoms. The highest BCUT2D eigenvalue weighted by Gasteiger charge is 2.21. The van der Waals surface area contributed by atoms with E-state index in [0.29, 0.717) is 17.3 Å². The number of fused-ring (bicyclic) bond motifs is 1. The zero-order valence-corrected chi connectivity index (χ0v) is 13.6. The lowest BCUT2D eigenvalue weighted by Crippen LogP contribution is -2.26. The Kier molecular flexibility index (Phi) is 4.61. The standard InChI is InChI=1S/C16H19FN4O2/c1-10(19-20-18)7-11-9-21(15(22)23-16(2,3)4)14-6-5-12(17)8-13(11)14/h5-6,8-10H,7H2,1-4H3/t10-/m0/s1. The number of hydrogen-bond acceptors (Lipinski definition) is 3. The van der Waals surface area contributed by atoms with E-state index in [1.165, 1.54) is 22.8 Å². The van der Waals surface area contributed by atoms with Crippen molar-refractivity contribution in [3.8, 4) is 0 Å². The molecule has 1 heterocycles. The van der Waals surface area contributed by atoms with Crippen molar-refractivity contribution in [1.82, 2.24) is 4.57 Å². The largest absolute Gasteiger partial charge is 0.443 e. The fourth-order valence-electron chi connectivity index (χ4n) is 2.34. The zero-order valence-electron chi connectivity index (χ0n) is 13.6. The fraction of sp³-hybridized carbons (Fsp3) is 0.438. The Hall–Kier alpha value is -2.53. The highest BCUT2D eigenvalue weighted by molar-refractivity contribution is 5.92. The van der Waals surface area contributed by atoms with E-state index >= 15 is 0 Å². The smallest absolute Gasteiger partial charge is 0.419 e. The predicted octanol–water partition coefficient (Wildman–Crippen LogP) is 4.80. The van der Waals surface area contributed by atoms with Crippen molar-refractivity contribution in [2.75, 3.05) is 0 Å². The molecule has 0 N–H and O–H groups in total. The number of rotatable bonds is 3. The lowest BCUT2D eigenvalue weighted by atomic mass is 10.1.